The Hall–Kier alpha value is -0.960. The molecule has 0 unspecified atom stereocenters. The van der Waals surface area contributed by atoms with Gasteiger partial charge in [0.1, 0.15) is 11.5 Å². The van der Waals surface area contributed by atoms with Crippen LogP contribution < -0.4 is 5.32 Å². The maximum Gasteiger partial charge on any atom is 0.135 e. The molecule has 0 aliphatic heterocycles. The van der Waals surface area contributed by atoms with Crippen LogP contribution in [0.3, 0.4) is 0 Å². The van der Waals surface area contributed by atoms with Gasteiger partial charge in [-0.1, -0.05) is 55.3 Å². The van der Waals surface area contributed by atoms with Gasteiger partial charge in [0.15, 0.2) is 0 Å². The summed E-state index contributed by atoms with van der Waals surface area (Å²) in [7, 11) is 0. The van der Waals surface area contributed by atoms with E-state index in [0.717, 1.165) is 23.6 Å². The van der Waals surface area contributed by atoms with Gasteiger partial charge in [-0.05, 0) is 43.2 Å². The van der Waals surface area contributed by atoms with Gasteiger partial charge in [0.25, 0.3) is 0 Å². The van der Waals surface area contributed by atoms with Gasteiger partial charge in [-0.15, -0.1) is 0 Å². The highest BCUT2D eigenvalue weighted by atomic mass is 35.5. The standard InChI is InChI=1S/C19H23Cl2NO/c20-14-8-10-18(21)17(12-14)19-11-9-16(23-19)13-22-15-6-4-2-1-3-5-7-15/h8-12,15,22H,1-7,13H2. The molecule has 0 spiro atoms. The minimum absolute atomic E-state index is 0.610. The summed E-state index contributed by atoms with van der Waals surface area (Å²) in [5.74, 6) is 1.71. The van der Waals surface area contributed by atoms with Crippen molar-refractivity contribution in [2.45, 2.75) is 57.5 Å². The summed E-state index contributed by atoms with van der Waals surface area (Å²) in [6.07, 6.45) is 9.35. The van der Waals surface area contributed by atoms with E-state index in [2.05, 4.69) is 5.32 Å². The van der Waals surface area contributed by atoms with Crippen LogP contribution in [0.2, 0.25) is 10.0 Å². The van der Waals surface area contributed by atoms with Gasteiger partial charge in [-0.3, -0.25) is 0 Å². The summed E-state index contributed by atoms with van der Waals surface area (Å²) in [5.41, 5.74) is 0.844. The van der Waals surface area contributed by atoms with E-state index in [1.165, 1.54) is 44.9 Å². The Morgan fingerprint density at radius 2 is 1.70 bits per heavy atom. The first kappa shape index (κ1) is 16.9. The molecule has 1 aliphatic rings. The molecule has 0 bridgehead atoms. The molecule has 3 rings (SSSR count). The molecule has 0 atom stereocenters. The van der Waals surface area contributed by atoms with Gasteiger partial charge >= 0.3 is 0 Å². The van der Waals surface area contributed by atoms with E-state index in [9.17, 15) is 0 Å². The van der Waals surface area contributed by atoms with E-state index in [-0.39, 0.29) is 0 Å². The Morgan fingerprint density at radius 3 is 2.48 bits per heavy atom. The van der Waals surface area contributed by atoms with Crippen molar-refractivity contribution in [3.05, 3.63) is 46.1 Å². The summed E-state index contributed by atoms with van der Waals surface area (Å²) in [6, 6.07) is 10.0. The van der Waals surface area contributed by atoms with Crippen LogP contribution in [0.25, 0.3) is 11.3 Å². The number of halogens is 2. The maximum absolute atomic E-state index is 6.24. The minimum Gasteiger partial charge on any atom is -0.460 e. The van der Waals surface area contributed by atoms with Gasteiger partial charge in [0.05, 0.1) is 11.6 Å². The third-order valence-electron chi connectivity index (χ3n) is 4.53. The number of rotatable bonds is 4. The van der Waals surface area contributed by atoms with Crippen molar-refractivity contribution < 1.29 is 4.42 Å². The zero-order valence-corrected chi connectivity index (χ0v) is 14.8. The fourth-order valence-electron chi connectivity index (χ4n) is 3.21. The molecule has 1 N–H and O–H groups in total. The molecule has 1 heterocycles. The highest BCUT2D eigenvalue weighted by Crippen LogP contribution is 2.31. The number of hydrogen-bond donors (Lipinski definition) is 1. The lowest BCUT2D eigenvalue weighted by atomic mass is 9.97. The van der Waals surface area contributed by atoms with Crippen LogP contribution in [0.1, 0.15) is 50.7 Å². The maximum atomic E-state index is 6.24. The van der Waals surface area contributed by atoms with E-state index in [4.69, 9.17) is 27.6 Å². The molecule has 1 fully saturated rings. The highest BCUT2D eigenvalue weighted by molar-refractivity contribution is 6.35. The SMILES string of the molecule is Clc1ccc(Cl)c(-c2ccc(CNC3CCCCCCC3)o2)c1. The predicted molar refractivity (Wildman–Crippen MR) is 97.1 cm³/mol. The van der Waals surface area contributed by atoms with Gasteiger partial charge in [0, 0.05) is 16.6 Å². The van der Waals surface area contributed by atoms with Crippen molar-refractivity contribution in [2.75, 3.05) is 0 Å². The molecule has 1 aromatic carbocycles. The second-order valence-electron chi connectivity index (χ2n) is 6.31. The zero-order chi connectivity index (χ0) is 16.1. The molecule has 0 saturated heterocycles. The van der Waals surface area contributed by atoms with Crippen LogP contribution in [-0.4, -0.2) is 6.04 Å². The Balaban J connectivity index is 1.61. The molecule has 124 valence electrons. The second kappa shape index (κ2) is 8.23. The van der Waals surface area contributed by atoms with Crippen molar-refractivity contribution in [2.24, 2.45) is 0 Å². The van der Waals surface area contributed by atoms with E-state index < -0.39 is 0 Å². The Kier molecular flexibility index (Phi) is 6.04. The Morgan fingerprint density at radius 1 is 0.957 bits per heavy atom. The fraction of sp³-hybridized carbons (Fsp3) is 0.474. The van der Waals surface area contributed by atoms with Crippen molar-refractivity contribution in [3.63, 3.8) is 0 Å². The molecule has 0 radical (unpaired) electrons. The molecular formula is C19H23Cl2NO. The third kappa shape index (κ3) is 4.76. The lowest BCUT2D eigenvalue weighted by Crippen LogP contribution is -2.29. The number of furan rings is 1. The summed E-state index contributed by atoms with van der Waals surface area (Å²) >= 11 is 12.3. The monoisotopic (exact) mass is 351 g/mol. The average Bonchev–Trinajstić information content (AvgIpc) is 2.97. The predicted octanol–water partition coefficient (Wildman–Crippen LogP) is 6.46. The lowest BCUT2D eigenvalue weighted by Gasteiger charge is -2.20. The van der Waals surface area contributed by atoms with Crippen LogP contribution in [0.5, 0.6) is 0 Å². The van der Waals surface area contributed by atoms with Gasteiger partial charge in [0.2, 0.25) is 0 Å². The summed E-state index contributed by atoms with van der Waals surface area (Å²) < 4.78 is 5.95. The van der Waals surface area contributed by atoms with Gasteiger partial charge < -0.3 is 9.73 Å². The van der Waals surface area contributed by atoms with E-state index in [1.54, 1.807) is 12.1 Å². The smallest absolute Gasteiger partial charge is 0.135 e. The van der Waals surface area contributed by atoms with E-state index in [1.807, 2.05) is 18.2 Å². The molecule has 1 aliphatic carbocycles. The van der Waals surface area contributed by atoms with E-state index in [0.29, 0.717) is 16.1 Å². The molecule has 2 aromatic rings. The summed E-state index contributed by atoms with van der Waals surface area (Å²) in [5, 5.41) is 4.96. The minimum atomic E-state index is 0.610. The number of benzene rings is 1. The summed E-state index contributed by atoms with van der Waals surface area (Å²) in [4.78, 5) is 0. The van der Waals surface area contributed by atoms with Crippen LogP contribution in [0.4, 0.5) is 0 Å². The third-order valence-corrected chi connectivity index (χ3v) is 5.09. The first-order chi connectivity index (χ1) is 11.2. The van der Waals surface area contributed by atoms with E-state index >= 15 is 0 Å². The molecule has 4 heteroatoms. The lowest BCUT2D eigenvalue weighted by molar-refractivity contribution is 0.373. The molecule has 1 aromatic heterocycles. The quantitative estimate of drug-likeness (QED) is 0.683. The van der Waals surface area contributed by atoms with Crippen molar-refractivity contribution >= 4 is 23.2 Å². The van der Waals surface area contributed by atoms with Crippen molar-refractivity contribution in [3.8, 4) is 11.3 Å². The van der Waals surface area contributed by atoms with Gasteiger partial charge in [-0.2, -0.15) is 0 Å². The molecule has 1 saturated carbocycles. The Bertz CT molecular complexity index is 630. The molecule has 2 nitrogen and oxygen atoms in total. The summed E-state index contributed by atoms with van der Waals surface area (Å²) in [6.45, 7) is 0.767. The topological polar surface area (TPSA) is 25.2 Å². The number of nitrogens with one attached hydrogen (secondary N) is 1. The average molecular weight is 352 g/mol. The molecular weight excluding hydrogens is 329 g/mol. The highest BCUT2D eigenvalue weighted by Gasteiger charge is 2.13. The largest absolute Gasteiger partial charge is 0.460 e. The number of hydrogen-bond acceptors (Lipinski definition) is 2. The fourth-order valence-corrected chi connectivity index (χ4v) is 3.59. The first-order valence-corrected chi connectivity index (χ1v) is 9.25. The normalized spacial score (nSPS) is 17.0. The second-order valence-corrected chi connectivity index (χ2v) is 7.16. The van der Waals surface area contributed by atoms with Crippen LogP contribution >= 0.6 is 23.2 Å². The van der Waals surface area contributed by atoms with Crippen LogP contribution in [-0.2, 0) is 6.54 Å². The van der Waals surface area contributed by atoms with Gasteiger partial charge in [-0.25, -0.2) is 0 Å². The van der Waals surface area contributed by atoms with Crippen LogP contribution in [0.15, 0.2) is 34.7 Å². The van der Waals surface area contributed by atoms with Crippen LogP contribution in [0, 0.1) is 0 Å². The van der Waals surface area contributed by atoms with Crippen molar-refractivity contribution in [1.29, 1.82) is 0 Å². The first-order valence-electron chi connectivity index (χ1n) is 8.50. The zero-order valence-electron chi connectivity index (χ0n) is 13.3. The molecule has 0 amide bonds. The molecule has 23 heavy (non-hydrogen) atoms. The Labute approximate surface area is 148 Å². The van der Waals surface area contributed by atoms with Crippen molar-refractivity contribution in [1.82, 2.24) is 5.32 Å².